The van der Waals surface area contributed by atoms with Crippen LogP contribution in [-0.4, -0.2) is 42.5 Å². The Morgan fingerprint density at radius 1 is 1.55 bits per heavy atom. The molecule has 5 nitrogen and oxygen atoms in total. The lowest BCUT2D eigenvalue weighted by Crippen LogP contribution is -2.53. The van der Waals surface area contributed by atoms with E-state index in [9.17, 15) is 8.42 Å². The number of halogens is 2. The van der Waals surface area contributed by atoms with Gasteiger partial charge >= 0.3 is 0 Å². The van der Waals surface area contributed by atoms with Gasteiger partial charge in [0, 0.05) is 23.8 Å². The van der Waals surface area contributed by atoms with Crippen LogP contribution in [0, 0.1) is 0 Å². The fourth-order valence-electron chi connectivity index (χ4n) is 2.30. The van der Waals surface area contributed by atoms with Gasteiger partial charge < -0.3 is 4.74 Å². The summed E-state index contributed by atoms with van der Waals surface area (Å²) in [6.45, 7) is 6.17. The molecule has 8 heteroatoms. The van der Waals surface area contributed by atoms with Crippen LogP contribution in [0.25, 0.3) is 0 Å². The van der Waals surface area contributed by atoms with Crippen LogP contribution in [-0.2, 0) is 14.8 Å². The van der Waals surface area contributed by atoms with Gasteiger partial charge in [0.1, 0.15) is 10.0 Å². The summed E-state index contributed by atoms with van der Waals surface area (Å²) in [4.78, 5) is 3.89. The number of hydrogen-bond donors (Lipinski definition) is 0. The van der Waals surface area contributed by atoms with E-state index in [1.165, 1.54) is 16.6 Å². The molecule has 20 heavy (non-hydrogen) atoms. The zero-order valence-corrected chi connectivity index (χ0v) is 14.6. The second kappa shape index (κ2) is 5.53. The van der Waals surface area contributed by atoms with Crippen LogP contribution in [0.5, 0.6) is 0 Å². The molecule has 0 aromatic carbocycles. The maximum absolute atomic E-state index is 12.7. The Labute approximate surface area is 132 Å². The van der Waals surface area contributed by atoms with Crippen molar-refractivity contribution in [2.45, 2.75) is 37.4 Å². The molecule has 1 aromatic heterocycles. The molecule has 0 bridgehead atoms. The standard InChI is InChI=1S/C12H16BrClN2O3S/c1-8-6-16(7-12(2,3)19-8)20(17,18)10-4-9(13)5-15-11(10)14/h4-5,8H,6-7H2,1-3H3. The molecule has 2 heterocycles. The Bertz CT molecular complexity index is 621. The number of nitrogens with zero attached hydrogens (tertiary/aromatic N) is 2. The lowest BCUT2D eigenvalue weighted by Gasteiger charge is -2.40. The van der Waals surface area contributed by atoms with Gasteiger partial charge in [0.2, 0.25) is 10.0 Å². The maximum atomic E-state index is 12.7. The number of morpholine rings is 1. The van der Waals surface area contributed by atoms with Crippen molar-refractivity contribution >= 4 is 37.6 Å². The monoisotopic (exact) mass is 382 g/mol. The minimum absolute atomic E-state index is 0.0124. The molecule has 0 N–H and O–H groups in total. The maximum Gasteiger partial charge on any atom is 0.246 e. The lowest BCUT2D eigenvalue weighted by atomic mass is 10.1. The smallest absolute Gasteiger partial charge is 0.246 e. The Hall–Kier alpha value is -0.210. The number of pyridine rings is 1. The molecule has 1 saturated heterocycles. The SMILES string of the molecule is CC1CN(S(=O)(=O)c2cc(Br)cnc2Cl)CC(C)(C)O1. The molecule has 2 rings (SSSR count). The summed E-state index contributed by atoms with van der Waals surface area (Å²) >= 11 is 9.16. The van der Waals surface area contributed by atoms with Gasteiger partial charge in [-0.05, 0) is 42.8 Å². The molecule has 1 aliphatic heterocycles. The Morgan fingerprint density at radius 2 is 2.20 bits per heavy atom. The van der Waals surface area contributed by atoms with Crippen molar-refractivity contribution < 1.29 is 13.2 Å². The highest BCUT2D eigenvalue weighted by Crippen LogP contribution is 2.30. The summed E-state index contributed by atoms with van der Waals surface area (Å²) in [7, 11) is -3.69. The first-order valence-corrected chi connectivity index (χ1v) is 8.72. The van der Waals surface area contributed by atoms with Gasteiger partial charge in [-0.1, -0.05) is 11.6 Å². The molecule has 0 radical (unpaired) electrons. The molecule has 1 aliphatic rings. The highest BCUT2D eigenvalue weighted by atomic mass is 79.9. The third kappa shape index (κ3) is 3.33. The van der Waals surface area contributed by atoms with Crippen LogP contribution < -0.4 is 0 Å². The quantitative estimate of drug-likeness (QED) is 0.737. The van der Waals surface area contributed by atoms with Crippen molar-refractivity contribution in [1.29, 1.82) is 0 Å². The normalized spacial score (nSPS) is 23.8. The van der Waals surface area contributed by atoms with Crippen molar-refractivity contribution in [2.75, 3.05) is 13.1 Å². The van der Waals surface area contributed by atoms with Crippen LogP contribution in [0.4, 0.5) is 0 Å². The first-order chi connectivity index (χ1) is 9.12. The summed E-state index contributed by atoms with van der Waals surface area (Å²) in [6.07, 6.45) is 1.29. The van der Waals surface area contributed by atoms with Crippen molar-refractivity contribution in [1.82, 2.24) is 9.29 Å². The van der Waals surface area contributed by atoms with E-state index < -0.39 is 15.6 Å². The lowest BCUT2D eigenvalue weighted by molar-refractivity contribution is -0.109. The summed E-state index contributed by atoms with van der Waals surface area (Å²) in [5.41, 5.74) is -0.531. The van der Waals surface area contributed by atoms with Crippen molar-refractivity contribution in [3.8, 4) is 0 Å². The zero-order chi connectivity index (χ0) is 15.1. The topological polar surface area (TPSA) is 59.5 Å². The Kier molecular flexibility index (Phi) is 4.47. The predicted octanol–water partition coefficient (Wildman–Crippen LogP) is 2.69. The fraction of sp³-hybridized carbons (Fsp3) is 0.583. The average molecular weight is 384 g/mol. The van der Waals surface area contributed by atoms with Gasteiger partial charge in [-0.15, -0.1) is 0 Å². The first-order valence-electron chi connectivity index (χ1n) is 6.11. The number of rotatable bonds is 2. The molecule has 0 aliphatic carbocycles. The third-order valence-corrected chi connectivity index (χ3v) is 5.60. The molecule has 0 spiro atoms. The number of hydrogen-bond acceptors (Lipinski definition) is 4. The van der Waals surface area contributed by atoms with E-state index in [4.69, 9.17) is 16.3 Å². The van der Waals surface area contributed by atoms with E-state index in [0.717, 1.165) is 0 Å². The molecule has 0 amide bonds. The highest BCUT2D eigenvalue weighted by Gasteiger charge is 2.38. The molecule has 0 saturated carbocycles. The van der Waals surface area contributed by atoms with Crippen molar-refractivity contribution in [2.24, 2.45) is 0 Å². The second-order valence-electron chi connectivity index (χ2n) is 5.43. The van der Waals surface area contributed by atoms with Gasteiger partial charge in [0.25, 0.3) is 0 Å². The van der Waals surface area contributed by atoms with E-state index in [2.05, 4.69) is 20.9 Å². The highest BCUT2D eigenvalue weighted by molar-refractivity contribution is 9.10. The Balaban J connectivity index is 2.42. The van der Waals surface area contributed by atoms with Gasteiger partial charge in [0.05, 0.1) is 11.7 Å². The number of ether oxygens (including phenoxy) is 1. The molecular formula is C12H16BrClN2O3S. The van der Waals surface area contributed by atoms with Gasteiger partial charge in [-0.25, -0.2) is 13.4 Å². The van der Waals surface area contributed by atoms with E-state index in [0.29, 0.717) is 11.0 Å². The molecule has 1 unspecified atom stereocenters. The average Bonchev–Trinajstić information content (AvgIpc) is 2.29. The van der Waals surface area contributed by atoms with Crippen molar-refractivity contribution in [3.63, 3.8) is 0 Å². The molecule has 1 atom stereocenters. The summed E-state index contributed by atoms with van der Waals surface area (Å²) in [5.74, 6) is 0. The van der Waals surface area contributed by atoms with Crippen LogP contribution in [0.1, 0.15) is 20.8 Å². The van der Waals surface area contributed by atoms with E-state index >= 15 is 0 Å². The Morgan fingerprint density at radius 3 is 2.80 bits per heavy atom. The van der Waals surface area contributed by atoms with Crippen LogP contribution in [0.2, 0.25) is 5.15 Å². The van der Waals surface area contributed by atoms with Crippen LogP contribution in [0.15, 0.2) is 21.6 Å². The molecule has 112 valence electrons. The van der Waals surface area contributed by atoms with E-state index in [1.54, 1.807) is 0 Å². The third-order valence-electron chi connectivity index (χ3n) is 2.93. The summed E-state index contributed by atoms with van der Waals surface area (Å²) < 4.78 is 33.1. The molecular weight excluding hydrogens is 368 g/mol. The minimum Gasteiger partial charge on any atom is -0.370 e. The first kappa shape index (κ1) is 16.2. The second-order valence-corrected chi connectivity index (χ2v) is 8.61. The summed E-state index contributed by atoms with van der Waals surface area (Å²) in [5, 5.41) is -0.0230. The predicted molar refractivity (Wildman–Crippen MR) is 80.3 cm³/mol. The van der Waals surface area contributed by atoms with Crippen LogP contribution >= 0.6 is 27.5 Å². The molecule has 1 aromatic rings. The molecule has 1 fully saturated rings. The minimum atomic E-state index is -3.69. The van der Waals surface area contributed by atoms with Gasteiger partial charge in [-0.2, -0.15) is 4.31 Å². The van der Waals surface area contributed by atoms with Crippen molar-refractivity contribution in [3.05, 3.63) is 21.9 Å². The van der Waals surface area contributed by atoms with Crippen LogP contribution in [0.3, 0.4) is 0 Å². The number of aromatic nitrogens is 1. The zero-order valence-electron chi connectivity index (χ0n) is 11.4. The van der Waals surface area contributed by atoms with E-state index in [-0.39, 0.29) is 22.7 Å². The fourth-order valence-corrected chi connectivity index (χ4v) is 4.89. The van der Waals surface area contributed by atoms with Gasteiger partial charge in [0.15, 0.2) is 0 Å². The number of sulfonamides is 1. The van der Waals surface area contributed by atoms with Gasteiger partial charge in [-0.3, -0.25) is 0 Å². The van der Waals surface area contributed by atoms with E-state index in [1.807, 2.05) is 20.8 Å². The largest absolute Gasteiger partial charge is 0.370 e. The summed E-state index contributed by atoms with van der Waals surface area (Å²) in [6, 6.07) is 1.47.